The molecule has 1 aliphatic rings. The van der Waals surface area contributed by atoms with Crippen LogP contribution in [0.4, 0.5) is 5.69 Å². The number of carboxylic acid groups (broad SMARTS) is 1. The zero-order valence-corrected chi connectivity index (χ0v) is 9.40. The van der Waals surface area contributed by atoms with Gasteiger partial charge in [-0.25, -0.2) is 0 Å². The van der Waals surface area contributed by atoms with Crippen molar-refractivity contribution in [2.75, 3.05) is 11.9 Å². The fourth-order valence-electron chi connectivity index (χ4n) is 1.87. The fraction of sp³-hybridized carbons (Fsp3) is 0.333. The predicted octanol–water partition coefficient (Wildman–Crippen LogP) is 1.60. The minimum Gasteiger partial charge on any atom is -0.482 e. The van der Waals surface area contributed by atoms with E-state index in [4.69, 9.17) is 9.84 Å². The Hall–Kier alpha value is -2.04. The third-order valence-corrected chi connectivity index (χ3v) is 2.75. The molecule has 0 radical (unpaired) electrons. The molecule has 90 valence electrons. The van der Waals surface area contributed by atoms with E-state index in [-0.39, 0.29) is 12.5 Å². The van der Waals surface area contributed by atoms with E-state index in [1.165, 1.54) is 0 Å². The molecule has 5 nitrogen and oxygen atoms in total. The summed E-state index contributed by atoms with van der Waals surface area (Å²) in [5.41, 5.74) is 1.21. The summed E-state index contributed by atoms with van der Waals surface area (Å²) in [4.78, 5) is 22.2. The molecule has 0 aromatic heterocycles. The van der Waals surface area contributed by atoms with Crippen LogP contribution < -0.4 is 10.1 Å². The molecule has 0 spiro atoms. The Morgan fingerprint density at radius 2 is 2.35 bits per heavy atom. The zero-order valence-electron chi connectivity index (χ0n) is 9.40. The lowest BCUT2D eigenvalue weighted by Crippen LogP contribution is -2.25. The number of rotatable bonds is 3. The molecule has 1 aromatic rings. The highest BCUT2D eigenvalue weighted by Gasteiger charge is 2.21. The second-order valence-corrected chi connectivity index (χ2v) is 3.89. The summed E-state index contributed by atoms with van der Waals surface area (Å²) in [6.45, 7) is 1.82. The molecule has 1 aliphatic heterocycles. The van der Waals surface area contributed by atoms with Crippen molar-refractivity contribution in [2.24, 2.45) is 0 Å². The van der Waals surface area contributed by atoms with E-state index in [9.17, 15) is 9.59 Å². The van der Waals surface area contributed by atoms with Crippen molar-refractivity contribution in [3.05, 3.63) is 23.8 Å². The van der Waals surface area contributed by atoms with Crippen molar-refractivity contribution in [3.8, 4) is 5.75 Å². The first kappa shape index (κ1) is 11.4. The second-order valence-electron chi connectivity index (χ2n) is 3.89. The van der Waals surface area contributed by atoms with Crippen LogP contribution in [0.15, 0.2) is 18.2 Å². The number of anilines is 1. The van der Waals surface area contributed by atoms with Gasteiger partial charge in [-0.15, -0.1) is 0 Å². The number of ether oxygens (including phenoxy) is 1. The highest BCUT2D eigenvalue weighted by atomic mass is 16.5. The van der Waals surface area contributed by atoms with Gasteiger partial charge in [0.1, 0.15) is 5.75 Å². The van der Waals surface area contributed by atoms with Crippen LogP contribution in [0.2, 0.25) is 0 Å². The van der Waals surface area contributed by atoms with Crippen LogP contribution in [0.5, 0.6) is 5.75 Å². The van der Waals surface area contributed by atoms with E-state index in [0.717, 1.165) is 0 Å². The van der Waals surface area contributed by atoms with Crippen LogP contribution >= 0.6 is 0 Å². The van der Waals surface area contributed by atoms with E-state index in [1.54, 1.807) is 18.2 Å². The Kier molecular flexibility index (Phi) is 2.99. The SMILES string of the molecule is CCC(C(=O)O)c1ccc2c(c1)NC(=O)CO2. The number of aliphatic carboxylic acids is 1. The number of hydrogen-bond donors (Lipinski definition) is 2. The Balaban J connectivity index is 2.35. The van der Waals surface area contributed by atoms with Gasteiger partial charge in [-0.2, -0.15) is 0 Å². The van der Waals surface area contributed by atoms with E-state index >= 15 is 0 Å². The molecule has 1 amide bonds. The van der Waals surface area contributed by atoms with E-state index in [0.29, 0.717) is 23.4 Å². The summed E-state index contributed by atoms with van der Waals surface area (Å²) in [6.07, 6.45) is 0.503. The molecule has 0 saturated heterocycles. The number of amides is 1. The molecular formula is C12H13NO4. The number of carboxylic acids is 1. The number of hydrogen-bond acceptors (Lipinski definition) is 3. The quantitative estimate of drug-likeness (QED) is 0.834. The lowest BCUT2D eigenvalue weighted by atomic mass is 9.96. The van der Waals surface area contributed by atoms with Crippen molar-refractivity contribution in [1.29, 1.82) is 0 Å². The van der Waals surface area contributed by atoms with Gasteiger partial charge >= 0.3 is 5.97 Å². The summed E-state index contributed by atoms with van der Waals surface area (Å²) in [5, 5.41) is 11.7. The summed E-state index contributed by atoms with van der Waals surface area (Å²) in [7, 11) is 0. The minimum atomic E-state index is -0.865. The maximum absolute atomic E-state index is 11.2. The maximum atomic E-state index is 11.2. The zero-order chi connectivity index (χ0) is 12.4. The summed E-state index contributed by atoms with van der Waals surface area (Å²) >= 11 is 0. The van der Waals surface area contributed by atoms with Gasteiger partial charge in [-0.1, -0.05) is 13.0 Å². The minimum absolute atomic E-state index is 0.00246. The first-order valence-corrected chi connectivity index (χ1v) is 5.41. The number of benzene rings is 1. The third kappa shape index (κ3) is 2.22. The first-order chi connectivity index (χ1) is 8.11. The first-order valence-electron chi connectivity index (χ1n) is 5.41. The van der Waals surface area contributed by atoms with Gasteiger partial charge in [-0.3, -0.25) is 9.59 Å². The summed E-state index contributed by atoms with van der Waals surface area (Å²) in [6, 6.07) is 5.07. The van der Waals surface area contributed by atoms with Gasteiger partial charge in [0.15, 0.2) is 6.61 Å². The standard InChI is InChI=1S/C12H13NO4/c1-2-8(12(15)16)7-3-4-10-9(5-7)13-11(14)6-17-10/h3-5,8H,2,6H2,1H3,(H,13,14)(H,15,16). The van der Waals surface area contributed by atoms with Gasteiger partial charge in [0.25, 0.3) is 5.91 Å². The van der Waals surface area contributed by atoms with Crippen LogP contribution in [0.1, 0.15) is 24.8 Å². The highest BCUT2D eigenvalue weighted by molar-refractivity contribution is 5.95. The van der Waals surface area contributed by atoms with Gasteiger partial charge < -0.3 is 15.2 Å². The molecule has 0 aliphatic carbocycles. The average Bonchev–Trinajstić information content (AvgIpc) is 2.29. The Morgan fingerprint density at radius 3 is 3.00 bits per heavy atom. The van der Waals surface area contributed by atoms with Crippen LogP contribution in [0.25, 0.3) is 0 Å². The molecule has 0 bridgehead atoms. The van der Waals surface area contributed by atoms with Gasteiger partial charge in [0, 0.05) is 0 Å². The van der Waals surface area contributed by atoms with Crippen LogP contribution in [0.3, 0.4) is 0 Å². The Bertz CT molecular complexity index is 470. The van der Waals surface area contributed by atoms with Gasteiger partial charge in [-0.05, 0) is 24.1 Å². The topological polar surface area (TPSA) is 75.6 Å². The number of carbonyl (C=O) groups excluding carboxylic acids is 1. The molecule has 1 aromatic carbocycles. The molecule has 2 rings (SSSR count). The van der Waals surface area contributed by atoms with Crippen molar-refractivity contribution in [2.45, 2.75) is 19.3 Å². The van der Waals surface area contributed by atoms with Crippen molar-refractivity contribution in [3.63, 3.8) is 0 Å². The normalized spacial score (nSPS) is 15.5. The van der Waals surface area contributed by atoms with Crippen LogP contribution in [0, 0.1) is 0 Å². The highest BCUT2D eigenvalue weighted by Crippen LogP contribution is 2.32. The molecule has 1 atom stereocenters. The molecule has 1 heterocycles. The predicted molar refractivity (Wildman–Crippen MR) is 61.2 cm³/mol. The number of carbonyl (C=O) groups is 2. The number of nitrogens with one attached hydrogen (secondary N) is 1. The summed E-state index contributed by atoms with van der Waals surface area (Å²) < 4.78 is 5.21. The largest absolute Gasteiger partial charge is 0.482 e. The van der Waals surface area contributed by atoms with Gasteiger partial charge in [0.2, 0.25) is 0 Å². The smallest absolute Gasteiger partial charge is 0.310 e. The van der Waals surface area contributed by atoms with E-state index in [1.807, 2.05) is 6.92 Å². The molecule has 0 fully saturated rings. The van der Waals surface area contributed by atoms with E-state index in [2.05, 4.69) is 5.32 Å². The third-order valence-electron chi connectivity index (χ3n) is 2.75. The van der Waals surface area contributed by atoms with Crippen molar-refractivity contribution in [1.82, 2.24) is 0 Å². The lowest BCUT2D eigenvalue weighted by molar-refractivity contribution is -0.138. The van der Waals surface area contributed by atoms with Crippen LogP contribution in [-0.2, 0) is 9.59 Å². The lowest BCUT2D eigenvalue weighted by Gasteiger charge is -2.20. The molecule has 1 unspecified atom stereocenters. The molecular weight excluding hydrogens is 222 g/mol. The number of fused-ring (bicyclic) bond motifs is 1. The average molecular weight is 235 g/mol. The molecule has 5 heteroatoms. The second kappa shape index (κ2) is 4.45. The van der Waals surface area contributed by atoms with Crippen molar-refractivity contribution < 1.29 is 19.4 Å². The Labute approximate surface area is 98.4 Å². The van der Waals surface area contributed by atoms with E-state index < -0.39 is 11.9 Å². The van der Waals surface area contributed by atoms with Crippen molar-refractivity contribution >= 4 is 17.6 Å². The fourth-order valence-corrected chi connectivity index (χ4v) is 1.87. The molecule has 17 heavy (non-hydrogen) atoms. The maximum Gasteiger partial charge on any atom is 0.310 e. The van der Waals surface area contributed by atoms with Crippen LogP contribution in [-0.4, -0.2) is 23.6 Å². The van der Waals surface area contributed by atoms with Gasteiger partial charge in [0.05, 0.1) is 11.6 Å². The molecule has 2 N–H and O–H groups in total. The summed E-state index contributed by atoms with van der Waals surface area (Å²) in [5.74, 6) is -1.07. The Morgan fingerprint density at radius 1 is 1.59 bits per heavy atom. The monoisotopic (exact) mass is 235 g/mol. The molecule has 0 saturated carbocycles.